The summed E-state index contributed by atoms with van der Waals surface area (Å²) in [5.74, 6) is 1.09. The number of anilines is 1. The highest BCUT2D eigenvalue weighted by Gasteiger charge is 2.31. The topological polar surface area (TPSA) is 51.0 Å². The summed E-state index contributed by atoms with van der Waals surface area (Å²) in [6, 6.07) is 3.98. The Kier molecular flexibility index (Phi) is 2.38. The van der Waals surface area contributed by atoms with Crippen molar-refractivity contribution in [2.45, 2.75) is 26.2 Å². The number of hydrogen-bond donors (Lipinski definition) is 1. The number of hydrogen-bond acceptors (Lipinski definition) is 4. The van der Waals surface area contributed by atoms with Crippen molar-refractivity contribution in [3.8, 4) is 11.5 Å². The Morgan fingerprint density at radius 3 is 2.83 bits per heavy atom. The lowest BCUT2D eigenvalue weighted by molar-refractivity contribution is 0.425. The zero-order valence-electron chi connectivity index (χ0n) is 10.5. The first kappa shape index (κ1) is 11.5. The van der Waals surface area contributed by atoms with Gasteiger partial charge in [-0.15, -0.1) is 0 Å². The minimum absolute atomic E-state index is 0.0870. The van der Waals surface area contributed by atoms with Crippen molar-refractivity contribution in [3.63, 3.8) is 0 Å². The predicted octanol–water partition coefficient (Wildman–Crippen LogP) is 3.40. The maximum absolute atomic E-state index is 6.28. The van der Waals surface area contributed by atoms with Gasteiger partial charge in [0.1, 0.15) is 0 Å². The zero-order chi connectivity index (χ0) is 12.9. The van der Waals surface area contributed by atoms with Crippen LogP contribution in [0, 0.1) is 6.92 Å². The first-order chi connectivity index (χ1) is 8.47. The van der Waals surface area contributed by atoms with Gasteiger partial charge in [-0.3, -0.25) is 0 Å². The van der Waals surface area contributed by atoms with Crippen LogP contribution in [0.15, 0.2) is 16.7 Å². The van der Waals surface area contributed by atoms with Crippen LogP contribution >= 0.6 is 11.6 Å². The molecule has 0 atom stereocenters. The Labute approximate surface area is 110 Å². The average molecular weight is 264 g/mol. The van der Waals surface area contributed by atoms with Gasteiger partial charge in [-0.2, -0.15) is 4.98 Å². The zero-order valence-corrected chi connectivity index (χ0v) is 11.3. The Bertz CT molecular complexity index is 619. The molecule has 1 aromatic heterocycles. The molecule has 1 aliphatic heterocycles. The van der Waals surface area contributed by atoms with Crippen LogP contribution in [0.5, 0.6) is 0 Å². The molecule has 1 aliphatic rings. The second-order valence-corrected chi connectivity index (χ2v) is 5.67. The van der Waals surface area contributed by atoms with Crippen LogP contribution in [-0.2, 0) is 5.41 Å². The van der Waals surface area contributed by atoms with Gasteiger partial charge in [0.05, 0.1) is 10.6 Å². The van der Waals surface area contributed by atoms with Gasteiger partial charge in [0.25, 0.3) is 5.89 Å². The van der Waals surface area contributed by atoms with Crippen molar-refractivity contribution < 1.29 is 4.52 Å². The van der Waals surface area contributed by atoms with Crippen LogP contribution in [-0.4, -0.2) is 16.7 Å². The third kappa shape index (κ3) is 1.68. The molecule has 4 nitrogen and oxygen atoms in total. The Hall–Kier alpha value is -1.55. The van der Waals surface area contributed by atoms with E-state index in [1.54, 1.807) is 6.92 Å². The summed E-state index contributed by atoms with van der Waals surface area (Å²) in [7, 11) is 0. The molecule has 0 bridgehead atoms. The number of rotatable bonds is 1. The van der Waals surface area contributed by atoms with Gasteiger partial charge in [-0.05, 0) is 24.6 Å². The molecule has 5 heteroatoms. The smallest absolute Gasteiger partial charge is 0.259 e. The van der Waals surface area contributed by atoms with Crippen molar-refractivity contribution in [1.82, 2.24) is 10.1 Å². The van der Waals surface area contributed by atoms with E-state index in [0.717, 1.165) is 17.8 Å². The van der Waals surface area contributed by atoms with Gasteiger partial charge in [0.2, 0.25) is 0 Å². The average Bonchev–Trinajstić information content (AvgIpc) is 2.83. The molecule has 0 radical (unpaired) electrons. The molecule has 0 amide bonds. The molecule has 94 valence electrons. The minimum Gasteiger partial charge on any atom is -0.384 e. The number of nitrogens with zero attached hydrogens (tertiary/aromatic N) is 2. The highest BCUT2D eigenvalue weighted by molar-refractivity contribution is 6.33. The van der Waals surface area contributed by atoms with Crippen LogP contribution in [0.3, 0.4) is 0 Å². The summed E-state index contributed by atoms with van der Waals surface area (Å²) in [5, 5.41) is 7.80. The van der Waals surface area contributed by atoms with E-state index in [0.29, 0.717) is 16.7 Å². The van der Waals surface area contributed by atoms with Crippen molar-refractivity contribution >= 4 is 17.3 Å². The lowest BCUT2D eigenvalue weighted by atomic mass is 9.86. The minimum atomic E-state index is 0.0870. The molecule has 2 aromatic rings. The lowest BCUT2D eigenvalue weighted by Crippen LogP contribution is -2.18. The number of fused-ring (bicyclic) bond motifs is 1. The highest BCUT2D eigenvalue weighted by Crippen LogP contribution is 2.41. The summed E-state index contributed by atoms with van der Waals surface area (Å²) in [4.78, 5) is 4.23. The van der Waals surface area contributed by atoms with Crippen LogP contribution in [0.2, 0.25) is 5.02 Å². The summed E-state index contributed by atoms with van der Waals surface area (Å²) in [6.45, 7) is 7.09. The number of nitrogens with one attached hydrogen (secondary N) is 1. The standard InChI is InChI=1S/C13H14ClN3O/c1-7-16-12(18-17-7)8-4-9-11(5-10(8)14)15-6-13(9,2)3/h4-5,15H,6H2,1-3H3. The summed E-state index contributed by atoms with van der Waals surface area (Å²) >= 11 is 6.28. The first-order valence-electron chi connectivity index (χ1n) is 5.86. The molecule has 18 heavy (non-hydrogen) atoms. The van der Waals surface area contributed by atoms with Crippen LogP contribution in [0.25, 0.3) is 11.5 Å². The summed E-state index contributed by atoms with van der Waals surface area (Å²) in [6.07, 6.45) is 0. The van der Waals surface area contributed by atoms with E-state index in [-0.39, 0.29) is 5.41 Å². The molecule has 0 aliphatic carbocycles. The maximum atomic E-state index is 6.28. The van der Waals surface area contributed by atoms with Crippen molar-refractivity contribution in [1.29, 1.82) is 0 Å². The second-order valence-electron chi connectivity index (χ2n) is 5.26. The second kappa shape index (κ2) is 3.72. The predicted molar refractivity (Wildman–Crippen MR) is 71.0 cm³/mol. The molecule has 1 aromatic carbocycles. The van der Waals surface area contributed by atoms with E-state index in [1.807, 2.05) is 12.1 Å². The van der Waals surface area contributed by atoms with Gasteiger partial charge in [-0.1, -0.05) is 30.6 Å². The quantitative estimate of drug-likeness (QED) is 0.857. The molecule has 0 unspecified atom stereocenters. The maximum Gasteiger partial charge on any atom is 0.259 e. The van der Waals surface area contributed by atoms with Gasteiger partial charge >= 0.3 is 0 Å². The fraction of sp³-hybridized carbons (Fsp3) is 0.385. The van der Waals surface area contributed by atoms with E-state index < -0.39 is 0 Å². The first-order valence-corrected chi connectivity index (χ1v) is 6.24. The molecular weight excluding hydrogens is 250 g/mol. The normalized spacial score (nSPS) is 16.4. The third-order valence-corrected chi connectivity index (χ3v) is 3.63. The molecule has 0 spiro atoms. The van der Waals surface area contributed by atoms with Gasteiger partial charge < -0.3 is 9.84 Å². The van der Waals surface area contributed by atoms with E-state index >= 15 is 0 Å². The van der Waals surface area contributed by atoms with E-state index in [9.17, 15) is 0 Å². The fourth-order valence-electron chi connectivity index (χ4n) is 2.26. The van der Waals surface area contributed by atoms with E-state index in [1.165, 1.54) is 5.56 Å². The molecule has 3 rings (SSSR count). The van der Waals surface area contributed by atoms with Gasteiger partial charge in [0.15, 0.2) is 5.82 Å². The van der Waals surface area contributed by atoms with E-state index in [2.05, 4.69) is 29.3 Å². The third-order valence-electron chi connectivity index (χ3n) is 3.32. The van der Waals surface area contributed by atoms with Crippen LogP contribution < -0.4 is 5.32 Å². The SMILES string of the molecule is Cc1noc(-c2cc3c(cc2Cl)NCC3(C)C)n1. The van der Waals surface area contributed by atoms with Crippen molar-refractivity contribution in [2.24, 2.45) is 0 Å². The highest BCUT2D eigenvalue weighted by atomic mass is 35.5. The van der Waals surface area contributed by atoms with Crippen LogP contribution in [0.1, 0.15) is 25.2 Å². The summed E-state index contributed by atoms with van der Waals surface area (Å²) in [5.41, 5.74) is 3.21. The van der Waals surface area contributed by atoms with Crippen molar-refractivity contribution in [2.75, 3.05) is 11.9 Å². The molecule has 0 saturated carbocycles. The molecular formula is C13H14ClN3O. The fourth-order valence-corrected chi connectivity index (χ4v) is 2.51. The van der Waals surface area contributed by atoms with Gasteiger partial charge in [0, 0.05) is 17.6 Å². The Morgan fingerprint density at radius 2 is 2.17 bits per heavy atom. The number of aromatic nitrogens is 2. The molecule has 0 fully saturated rings. The molecule has 2 heterocycles. The molecule has 1 N–H and O–H groups in total. The number of benzene rings is 1. The lowest BCUT2D eigenvalue weighted by Gasteiger charge is -2.17. The summed E-state index contributed by atoms with van der Waals surface area (Å²) < 4.78 is 5.19. The Morgan fingerprint density at radius 1 is 1.39 bits per heavy atom. The Balaban J connectivity index is 2.18. The van der Waals surface area contributed by atoms with Crippen LogP contribution in [0.4, 0.5) is 5.69 Å². The number of aryl methyl sites for hydroxylation is 1. The van der Waals surface area contributed by atoms with Crippen molar-refractivity contribution in [3.05, 3.63) is 28.5 Å². The largest absolute Gasteiger partial charge is 0.384 e. The monoisotopic (exact) mass is 263 g/mol. The number of halogens is 1. The van der Waals surface area contributed by atoms with E-state index in [4.69, 9.17) is 16.1 Å². The molecule has 0 saturated heterocycles. The van der Waals surface area contributed by atoms with Gasteiger partial charge in [-0.25, -0.2) is 0 Å².